The minimum absolute atomic E-state index is 0.00627. The molecule has 4 nitrogen and oxygen atoms in total. The predicted molar refractivity (Wildman–Crippen MR) is 84.7 cm³/mol. The molecule has 1 aromatic rings. The van der Waals surface area contributed by atoms with E-state index < -0.39 is 11.6 Å². The molecule has 0 amide bonds. The molecule has 0 unspecified atom stereocenters. The second-order valence-corrected chi connectivity index (χ2v) is 7.07. The first-order chi connectivity index (χ1) is 10.9. The first-order valence-electron chi connectivity index (χ1n) is 8.04. The lowest BCUT2D eigenvalue weighted by molar-refractivity contribution is -0.0256. The van der Waals surface area contributed by atoms with E-state index in [-0.39, 0.29) is 28.5 Å². The Morgan fingerprint density at radius 1 is 1.26 bits per heavy atom. The molecule has 3 aliphatic heterocycles. The highest BCUT2D eigenvalue weighted by molar-refractivity contribution is 5.98. The van der Waals surface area contributed by atoms with E-state index in [2.05, 4.69) is 23.7 Å². The molecule has 0 spiro atoms. The van der Waals surface area contributed by atoms with Crippen molar-refractivity contribution in [1.29, 1.82) is 0 Å². The van der Waals surface area contributed by atoms with E-state index >= 15 is 0 Å². The van der Waals surface area contributed by atoms with Gasteiger partial charge in [-0.1, -0.05) is 6.07 Å². The number of piperidine rings is 3. The number of aliphatic imine (C=N–C) groups is 1. The van der Waals surface area contributed by atoms with Crippen molar-refractivity contribution in [3.63, 3.8) is 0 Å². The Morgan fingerprint density at radius 3 is 2.48 bits per heavy atom. The second kappa shape index (κ2) is 5.83. The van der Waals surface area contributed by atoms with Crippen LogP contribution < -0.4 is 5.48 Å². The number of fused-ring (bicyclic) bond motifs is 3. The van der Waals surface area contributed by atoms with Crippen LogP contribution in [0.1, 0.15) is 37.8 Å². The summed E-state index contributed by atoms with van der Waals surface area (Å²) in [5, 5.41) is 9.45. The molecule has 3 saturated heterocycles. The number of amidine groups is 1. The first kappa shape index (κ1) is 16.3. The van der Waals surface area contributed by atoms with Crippen molar-refractivity contribution >= 4 is 5.84 Å². The van der Waals surface area contributed by atoms with Gasteiger partial charge in [0.15, 0.2) is 17.5 Å². The summed E-state index contributed by atoms with van der Waals surface area (Å²) in [6, 6.07) is 2.87. The first-order valence-corrected chi connectivity index (χ1v) is 8.04. The van der Waals surface area contributed by atoms with E-state index in [0.717, 1.165) is 25.9 Å². The Bertz CT molecular complexity index is 637. The molecular weight excluding hydrogens is 300 g/mol. The van der Waals surface area contributed by atoms with Gasteiger partial charge in [0.2, 0.25) is 0 Å². The highest BCUT2D eigenvalue weighted by Crippen LogP contribution is 2.41. The van der Waals surface area contributed by atoms with E-state index in [1.54, 1.807) is 0 Å². The zero-order chi connectivity index (χ0) is 16.8. The number of nitrogens with zero attached hydrogens (tertiary/aromatic N) is 2. The summed E-state index contributed by atoms with van der Waals surface area (Å²) in [4.78, 5) is 6.98. The Balaban J connectivity index is 2.01. The Morgan fingerprint density at radius 2 is 1.91 bits per heavy atom. The van der Waals surface area contributed by atoms with Crippen molar-refractivity contribution in [2.75, 3.05) is 13.1 Å². The zero-order valence-electron chi connectivity index (χ0n) is 13.7. The van der Waals surface area contributed by atoms with Gasteiger partial charge in [0, 0.05) is 5.54 Å². The fourth-order valence-electron chi connectivity index (χ4n) is 3.95. The summed E-state index contributed by atoms with van der Waals surface area (Å²) in [5.41, 5.74) is 2.00. The minimum Gasteiger partial charge on any atom is -0.296 e. The number of nitrogens with one attached hydrogen (secondary N) is 1. The minimum atomic E-state index is -0.982. The number of hydrogen-bond donors (Lipinski definition) is 2. The summed E-state index contributed by atoms with van der Waals surface area (Å²) < 4.78 is 28.0. The van der Waals surface area contributed by atoms with Crippen molar-refractivity contribution in [1.82, 2.24) is 10.4 Å². The number of rotatable bonds is 2. The van der Waals surface area contributed by atoms with Gasteiger partial charge in [-0.2, -0.15) is 0 Å². The van der Waals surface area contributed by atoms with Gasteiger partial charge in [-0.25, -0.2) is 8.78 Å². The highest BCUT2D eigenvalue weighted by atomic mass is 19.2. The van der Waals surface area contributed by atoms with Crippen molar-refractivity contribution in [3.8, 4) is 0 Å². The molecule has 4 rings (SSSR count). The molecule has 2 bridgehead atoms. The molecular formula is C17H23F2N3O. The molecule has 0 aromatic heterocycles. The lowest BCUT2D eigenvalue weighted by Gasteiger charge is -2.55. The highest BCUT2D eigenvalue weighted by Gasteiger charge is 2.47. The van der Waals surface area contributed by atoms with Crippen LogP contribution in [-0.2, 0) is 0 Å². The Kier molecular flexibility index (Phi) is 4.14. The SMILES string of the molecule is Cc1ccc(C(=N[C@@H]2C3CCN(CC3)C2(C)C)NO)c(F)c1F. The van der Waals surface area contributed by atoms with E-state index in [0.29, 0.717) is 5.92 Å². The lowest BCUT2D eigenvalue weighted by atomic mass is 9.72. The smallest absolute Gasteiger partial charge is 0.170 e. The summed E-state index contributed by atoms with van der Waals surface area (Å²) >= 11 is 0. The second-order valence-electron chi connectivity index (χ2n) is 7.07. The molecule has 2 N–H and O–H groups in total. The van der Waals surface area contributed by atoms with Crippen LogP contribution in [0.4, 0.5) is 8.78 Å². The normalized spacial score (nSPS) is 29.7. The van der Waals surface area contributed by atoms with E-state index in [4.69, 9.17) is 0 Å². The standard InChI is InChI=1S/C17H23F2N3O/c1-10-4-5-12(14(19)13(10)18)16(21-23)20-15-11-6-8-22(9-7-11)17(15,2)3/h4-5,11,15,23H,6-9H2,1-3H3,(H,20,21)/t15-/m1/s1. The number of hydrogen-bond acceptors (Lipinski definition) is 3. The molecule has 1 atom stereocenters. The molecule has 0 aliphatic carbocycles. The molecule has 1 aromatic carbocycles. The fourth-order valence-corrected chi connectivity index (χ4v) is 3.95. The van der Waals surface area contributed by atoms with Crippen LogP contribution in [0, 0.1) is 24.5 Å². The van der Waals surface area contributed by atoms with E-state index in [1.807, 2.05) is 5.48 Å². The van der Waals surface area contributed by atoms with Crippen LogP contribution in [0.2, 0.25) is 0 Å². The topological polar surface area (TPSA) is 47.9 Å². The zero-order valence-corrected chi connectivity index (χ0v) is 13.7. The van der Waals surface area contributed by atoms with Gasteiger partial charge in [0.25, 0.3) is 0 Å². The van der Waals surface area contributed by atoms with Gasteiger partial charge in [0.05, 0.1) is 11.6 Å². The average molecular weight is 323 g/mol. The van der Waals surface area contributed by atoms with E-state index in [9.17, 15) is 14.0 Å². The monoisotopic (exact) mass is 323 g/mol. The van der Waals surface area contributed by atoms with Crippen LogP contribution in [0.15, 0.2) is 17.1 Å². The maximum absolute atomic E-state index is 14.2. The quantitative estimate of drug-likeness (QED) is 0.500. The number of halogens is 2. The van der Waals surface area contributed by atoms with Crippen molar-refractivity contribution in [2.24, 2.45) is 10.9 Å². The van der Waals surface area contributed by atoms with Gasteiger partial charge in [-0.15, -0.1) is 0 Å². The lowest BCUT2D eigenvalue weighted by Crippen LogP contribution is -2.63. The third-order valence-electron chi connectivity index (χ3n) is 5.43. The van der Waals surface area contributed by atoms with Crippen molar-refractivity contribution in [2.45, 2.75) is 45.2 Å². The predicted octanol–water partition coefficient (Wildman–Crippen LogP) is 2.87. The number of hydroxylamine groups is 1. The molecule has 6 heteroatoms. The third kappa shape index (κ3) is 2.64. The molecule has 126 valence electrons. The van der Waals surface area contributed by atoms with Gasteiger partial charge < -0.3 is 0 Å². The number of aryl methyl sites for hydroxylation is 1. The Labute approximate surface area is 135 Å². The summed E-state index contributed by atoms with van der Waals surface area (Å²) in [6.45, 7) is 7.82. The van der Waals surface area contributed by atoms with Crippen LogP contribution in [0.3, 0.4) is 0 Å². The average Bonchev–Trinajstić information content (AvgIpc) is 2.54. The van der Waals surface area contributed by atoms with Crippen molar-refractivity contribution in [3.05, 3.63) is 34.9 Å². The fraction of sp³-hybridized carbons (Fsp3) is 0.588. The molecule has 0 radical (unpaired) electrons. The molecule has 3 fully saturated rings. The van der Waals surface area contributed by atoms with Crippen LogP contribution >= 0.6 is 0 Å². The van der Waals surface area contributed by atoms with Gasteiger partial charge in [-0.05, 0) is 64.3 Å². The largest absolute Gasteiger partial charge is 0.296 e. The van der Waals surface area contributed by atoms with Crippen LogP contribution in [0.25, 0.3) is 0 Å². The number of benzene rings is 1. The Hall–Kier alpha value is -1.53. The maximum Gasteiger partial charge on any atom is 0.170 e. The third-order valence-corrected chi connectivity index (χ3v) is 5.43. The van der Waals surface area contributed by atoms with Gasteiger partial charge >= 0.3 is 0 Å². The molecule has 0 saturated carbocycles. The molecule has 3 aliphatic rings. The summed E-state index contributed by atoms with van der Waals surface area (Å²) in [6.07, 6.45) is 2.09. The van der Waals surface area contributed by atoms with Crippen LogP contribution in [0.5, 0.6) is 0 Å². The molecule has 23 heavy (non-hydrogen) atoms. The summed E-state index contributed by atoms with van der Waals surface area (Å²) in [7, 11) is 0. The summed E-state index contributed by atoms with van der Waals surface area (Å²) in [5.74, 6) is -1.49. The maximum atomic E-state index is 14.2. The molecule has 3 heterocycles. The van der Waals surface area contributed by atoms with Gasteiger partial charge in [-0.3, -0.25) is 20.6 Å². The van der Waals surface area contributed by atoms with Crippen LogP contribution in [-0.4, -0.2) is 40.6 Å². The van der Waals surface area contributed by atoms with Gasteiger partial charge in [0.1, 0.15) is 0 Å². The van der Waals surface area contributed by atoms with Crippen molar-refractivity contribution < 1.29 is 14.0 Å². The van der Waals surface area contributed by atoms with E-state index in [1.165, 1.54) is 19.1 Å².